The lowest BCUT2D eigenvalue weighted by Gasteiger charge is -2.32. The van der Waals surface area contributed by atoms with E-state index in [9.17, 15) is 9.90 Å². The van der Waals surface area contributed by atoms with Crippen LogP contribution in [0.4, 0.5) is 0 Å². The van der Waals surface area contributed by atoms with Gasteiger partial charge in [0.2, 0.25) is 0 Å². The molecule has 0 spiro atoms. The van der Waals surface area contributed by atoms with Crippen LogP contribution >= 0.6 is 0 Å². The molecule has 1 aliphatic rings. The van der Waals surface area contributed by atoms with Crippen molar-refractivity contribution in [1.82, 2.24) is 4.90 Å². The van der Waals surface area contributed by atoms with E-state index in [1.54, 1.807) is 6.07 Å². The molecular formula is C21H22N2O3. The Morgan fingerprint density at radius 3 is 2.81 bits per heavy atom. The van der Waals surface area contributed by atoms with Gasteiger partial charge in [0.1, 0.15) is 18.4 Å². The second-order valence-corrected chi connectivity index (χ2v) is 6.57. The average molecular weight is 350 g/mol. The summed E-state index contributed by atoms with van der Waals surface area (Å²) in [7, 11) is 0. The van der Waals surface area contributed by atoms with E-state index in [0.29, 0.717) is 25.1 Å². The van der Waals surface area contributed by atoms with Gasteiger partial charge in [0.05, 0.1) is 11.6 Å². The maximum absolute atomic E-state index is 11.4. The highest BCUT2D eigenvalue weighted by Gasteiger charge is 2.28. The smallest absolute Gasteiger partial charge is 0.320 e. The number of piperidine rings is 1. The van der Waals surface area contributed by atoms with E-state index in [-0.39, 0.29) is 0 Å². The molecule has 1 N–H and O–H groups in total. The van der Waals surface area contributed by atoms with Gasteiger partial charge in [-0.05, 0) is 54.8 Å². The van der Waals surface area contributed by atoms with Gasteiger partial charge in [-0.3, -0.25) is 9.69 Å². The largest absolute Gasteiger partial charge is 0.489 e. The van der Waals surface area contributed by atoms with Crippen molar-refractivity contribution in [3.8, 4) is 11.8 Å². The average Bonchev–Trinajstić information content (AvgIpc) is 2.67. The number of likely N-dealkylation sites (tertiary alicyclic amines) is 1. The molecule has 1 unspecified atom stereocenters. The fourth-order valence-corrected chi connectivity index (χ4v) is 3.33. The number of hydrogen-bond donors (Lipinski definition) is 1. The van der Waals surface area contributed by atoms with Crippen LogP contribution in [0.3, 0.4) is 0 Å². The quantitative estimate of drug-likeness (QED) is 0.862. The van der Waals surface area contributed by atoms with Gasteiger partial charge in [0.15, 0.2) is 0 Å². The number of aliphatic carboxylic acids is 1. The summed E-state index contributed by atoms with van der Waals surface area (Å²) in [6.45, 7) is 1.81. The summed E-state index contributed by atoms with van der Waals surface area (Å²) in [6.07, 6.45) is 2.72. The van der Waals surface area contributed by atoms with Crippen LogP contribution in [0.5, 0.6) is 5.75 Å². The van der Waals surface area contributed by atoms with Gasteiger partial charge in [-0.15, -0.1) is 0 Å². The van der Waals surface area contributed by atoms with E-state index in [1.807, 2.05) is 47.4 Å². The van der Waals surface area contributed by atoms with E-state index in [2.05, 4.69) is 6.07 Å². The Hall–Kier alpha value is -2.84. The number of nitrogens with zero attached hydrogens (tertiary/aromatic N) is 2. The van der Waals surface area contributed by atoms with Gasteiger partial charge < -0.3 is 9.84 Å². The van der Waals surface area contributed by atoms with E-state index in [4.69, 9.17) is 10.00 Å². The highest BCUT2D eigenvalue weighted by Crippen LogP contribution is 2.22. The standard InChI is InChI=1S/C21H22N2O3/c22-13-16-5-3-7-18(11-16)15-26-19-8-4-6-17(12-19)14-23-10-2-1-9-20(23)21(24)25/h3-8,11-12,20H,1-2,9-10,14-15H2,(H,24,25). The summed E-state index contributed by atoms with van der Waals surface area (Å²) >= 11 is 0. The van der Waals surface area contributed by atoms with Crippen LogP contribution in [0.15, 0.2) is 48.5 Å². The SMILES string of the molecule is N#Cc1cccc(COc2cccc(CN3CCCCC3C(=O)O)c2)c1. The Morgan fingerprint density at radius 1 is 1.19 bits per heavy atom. The lowest BCUT2D eigenvalue weighted by molar-refractivity contribution is -0.144. The Labute approximate surface area is 153 Å². The second-order valence-electron chi connectivity index (χ2n) is 6.57. The van der Waals surface area contributed by atoms with Crippen molar-refractivity contribution in [3.05, 3.63) is 65.2 Å². The highest BCUT2D eigenvalue weighted by molar-refractivity contribution is 5.73. The lowest BCUT2D eigenvalue weighted by atomic mass is 10.0. The Kier molecular flexibility index (Phi) is 5.88. The predicted octanol–water partition coefficient (Wildman–Crippen LogP) is 3.58. The van der Waals surface area contributed by atoms with Crippen LogP contribution in [0.1, 0.15) is 36.0 Å². The summed E-state index contributed by atoms with van der Waals surface area (Å²) in [6, 6.07) is 16.8. The van der Waals surface area contributed by atoms with Gasteiger partial charge in [-0.1, -0.05) is 30.7 Å². The minimum Gasteiger partial charge on any atom is -0.489 e. The number of benzene rings is 2. The molecular weight excluding hydrogens is 328 g/mol. The van der Waals surface area contributed by atoms with Gasteiger partial charge in [-0.2, -0.15) is 5.26 Å². The van der Waals surface area contributed by atoms with Crippen LogP contribution in [0.25, 0.3) is 0 Å². The lowest BCUT2D eigenvalue weighted by Crippen LogP contribution is -2.43. The minimum atomic E-state index is -0.741. The molecule has 0 aliphatic carbocycles. The van der Waals surface area contributed by atoms with Crippen molar-refractivity contribution in [2.75, 3.05) is 6.54 Å². The van der Waals surface area contributed by atoms with Crippen LogP contribution < -0.4 is 4.74 Å². The number of carboxylic acid groups (broad SMARTS) is 1. The number of nitriles is 1. The molecule has 26 heavy (non-hydrogen) atoms. The summed E-state index contributed by atoms with van der Waals surface area (Å²) in [5.74, 6) is 0.00299. The zero-order valence-electron chi connectivity index (χ0n) is 14.6. The van der Waals surface area contributed by atoms with E-state index in [1.165, 1.54) is 0 Å². The topological polar surface area (TPSA) is 73.6 Å². The van der Waals surface area contributed by atoms with Crippen molar-refractivity contribution < 1.29 is 14.6 Å². The maximum atomic E-state index is 11.4. The highest BCUT2D eigenvalue weighted by atomic mass is 16.5. The molecule has 1 saturated heterocycles. The number of ether oxygens (including phenoxy) is 1. The van der Waals surface area contributed by atoms with Crippen LogP contribution in [0, 0.1) is 11.3 Å². The zero-order chi connectivity index (χ0) is 18.4. The molecule has 5 nitrogen and oxygen atoms in total. The minimum absolute atomic E-state index is 0.389. The summed E-state index contributed by atoms with van der Waals surface area (Å²) in [5.41, 5.74) is 2.60. The second kappa shape index (κ2) is 8.50. The normalized spacial score (nSPS) is 17.4. The number of carbonyl (C=O) groups is 1. The van der Waals surface area contributed by atoms with Crippen molar-refractivity contribution in [1.29, 1.82) is 5.26 Å². The van der Waals surface area contributed by atoms with Crippen molar-refractivity contribution >= 4 is 5.97 Å². The molecule has 1 fully saturated rings. The zero-order valence-corrected chi connectivity index (χ0v) is 14.6. The maximum Gasteiger partial charge on any atom is 0.320 e. The molecule has 2 aromatic carbocycles. The Balaban J connectivity index is 1.64. The van der Waals surface area contributed by atoms with Gasteiger partial charge >= 0.3 is 5.97 Å². The first-order valence-corrected chi connectivity index (χ1v) is 8.83. The van der Waals surface area contributed by atoms with Crippen molar-refractivity contribution in [2.45, 2.75) is 38.5 Å². The number of carboxylic acids is 1. The molecule has 5 heteroatoms. The third-order valence-corrected chi connectivity index (χ3v) is 4.64. The molecule has 1 aliphatic heterocycles. The summed E-state index contributed by atoms with van der Waals surface area (Å²) in [5, 5.41) is 18.4. The first-order valence-electron chi connectivity index (χ1n) is 8.83. The summed E-state index contributed by atoms with van der Waals surface area (Å²) in [4.78, 5) is 13.5. The Morgan fingerprint density at radius 2 is 2.00 bits per heavy atom. The molecule has 2 aromatic rings. The molecule has 1 atom stereocenters. The van der Waals surface area contributed by atoms with Crippen LogP contribution in [0.2, 0.25) is 0 Å². The van der Waals surface area contributed by atoms with E-state index >= 15 is 0 Å². The summed E-state index contributed by atoms with van der Waals surface area (Å²) < 4.78 is 5.85. The van der Waals surface area contributed by atoms with Gasteiger partial charge in [0, 0.05) is 6.54 Å². The molecule has 3 rings (SSSR count). The molecule has 0 aromatic heterocycles. The number of hydrogen-bond acceptors (Lipinski definition) is 4. The third kappa shape index (κ3) is 4.62. The van der Waals surface area contributed by atoms with Gasteiger partial charge in [0.25, 0.3) is 0 Å². The fourth-order valence-electron chi connectivity index (χ4n) is 3.33. The molecule has 134 valence electrons. The molecule has 0 radical (unpaired) electrons. The number of rotatable bonds is 6. The molecule has 1 heterocycles. The van der Waals surface area contributed by atoms with Crippen molar-refractivity contribution in [2.24, 2.45) is 0 Å². The third-order valence-electron chi connectivity index (χ3n) is 4.64. The van der Waals surface area contributed by atoms with E-state index < -0.39 is 12.0 Å². The molecule has 0 amide bonds. The monoisotopic (exact) mass is 350 g/mol. The first kappa shape index (κ1) is 18.0. The van der Waals surface area contributed by atoms with Crippen molar-refractivity contribution in [3.63, 3.8) is 0 Å². The van der Waals surface area contributed by atoms with E-state index in [0.717, 1.165) is 36.3 Å². The Bertz CT molecular complexity index is 813. The molecule has 0 saturated carbocycles. The van der Waals surface area contributed by atoms with Crippen LogP contribution in [-0.2, 0) is 17.9 Å². The van der Waals surface area contributed by atoms with Crippen LogP contribution in [-0.4, -0.2) is 28.6 Å². The first-order chi connectivity index (χ1) is 12.7. The van der Waals surface area contributed by atoms with Gasteiger partial charge in [-0.25, -0.2) is 0 Å². The fraction of sp³-hybridized carbons (Fsp3) is 0.333. The predicted molar refractivity (Wildman–Crippen MR) is 97.6 cm³/mol. The molecule has 0 bridgehead atoms.